The van der Waals surface area contributed by atoms with Crippen LogP contribution in [0.2, 0.25) is 0 Å². The zero-order valence-electron chi connectivity index (χ0n) is 16.9. The minimum Gasteiger partial charge on any atom is -0.496 e. The first-order valence-corrected chi connectivity index (χ1v) is 9.98. The standard InChI is InChI=1S/C23H26N4O2/c1-26-15-17(7-8-22(26)28)16-27-13-10-18(11-14-27)23-24-12-9-20(25-23)19-5-3-4-6-21(19)29-2/h3-9,12,15,18H,10-11,13-14,16H2,1-2H3. The van der Waals surface area contributed by atoms with Crippen LogP contribution < -0.4 is 10.3 Å². The van der Waals surface area contributed by atoms with Crippen LogP contribution >= 0.6 is 0 Å². The monoisotopic (exact) mass is 390 g/mol. The predicted molar refractivity (Wildman–Crippen MR) is 113 cm³/mol. The Bertz CT molecular complexity index is 1040. The minimum absolute atomic E-state index is 0.0273. The molecule has 0 unspecified atom stereocenters. The fourth-order valence-corrected chi connectivity index (χ4v) is 3.93. The van der Waals surface area contributed by atoms with Gasteiger partial charge in [-0.05, 0) is 49.7 Å². The lowest BCUT2D eigenvalue weighted by molar-refractivity contribution is 0.201. The highest BCUT2D eigenvalue weighted by Gasteiger charge is 2.23. The highest BCUT2D eigenvalue weighted by molar-refractivity contribution is 5.66. The quantitative estimate of drug-likeness (QED) is 0.669. The molecule has 0 saturated carbocycles. The number of rotatable bonds is 5. The summed E-state index contributed by atoms with van der Waals surface area (Å²) in [5.74, 6) is 2.10. The molecule has 150 valence electrons. The summed E-state index contributed by atoms with van der Waals surface area (Å²) in [7, 11) is 3.48. The summed E-state index contributed by atoms with van der Waals surface area (Å²) < 4.78 is 7.12. The second-order valence-electron chi connectivity index (χ2n) is 7.54. The van der Waals surface area contributed by atoms with Gasteiger partial charge in [-0.25, -0.2) is 9.97 Å². The van der Waals surface area contributed by atoms with Gasteiger partial charge in [-0.3, -0.25) is 9.69 Å². The summed E-state index contributed by atoms with van der Waals surface area (Å²) in [5.41, 5.74) is 3.09. The van der Waals surface area contributed by atoms with Crippen molar-refractivity contribution in [3.05, 3.63) is 76.6 Å². The molecule has 1 aliphatic heterocycles. The van der Waals surface area contributed by atoms with Gasteiger partial charge in [0, 0.05) is 43.5 Å². The average molecular weight is 390 g/mol. The molecule has 4 rings (SSSR count). The van der Waals surface area contributed by atoms with Crippen LogP contribution in [0.3, 0.4) is 0 Å². The van der Waals surface area contributed by atoms with Crippen LogP contribution in [0.4, 0.5) is 0 Å². The van der Waals surface area contributed by atoms with Crippen LogP contribution in [0.1, 0.15) is 30.1 Å². The van der Waals surface area contributed by atoms with Crippen LogP contribution in [0, 0.1) is 0 Å². The summed E-state index contributed by atoms with van der Waals surface area (Å²) in [6.07, 6.45) is 5.83. The molecule has 3 aromatic rings. The van der Waals surface area contributed by atoms with Crippen LogP contribution in [0.15, 0.2) is 59.7 Å². The summed E-state index contributed by atoms with van der Waals surface area (Å²) in [6, 6.07) is 13.4. The predicted octanol–water partition coefficient (Wildman–Crippen LogP) is 3.23. The largest absolute Gasteiger partial charge is 0.496 e. The molecule has 0 atom stereocenters. The molecule has 0 aliphatic carbocycles. The van der Waals surface area contributed by atoms with Gasteiger partial charge in [-0.15, -0.1) is 0 Å². The number of nitrogens with zero attached hydrogens (tertiary/aromatic N) is 4. The second-order valence-corrected chi connectivity index (χ2v) is 7.54. The SMILES string of the molecule is COc1ccccc1-c1ccnc(C2CCN(Cc3ccc(=O)n(C)c3)CC2)n1. The lowest BCUT2D eigenvalue weighted by atomic mass is 9.95. The number of methoxy groups -OCH3 is 1. The molecular formula is C23H26N4O2. The van der Waals surface area contributed by atoms with Crippen molar-refractivity contribution in [2.75, 3.05) is 20.2 Å². The van der Waals surface area contributed by atoms with Crippen LogP contribution in [0.5, 0.6) is 5.75 Å². The van der Waals surface area contributed by atoms with Crippen molar-refractivity contribution in [1.82, 2.24) is 19.4 Å². The van der Waals surface area contributed by atoms with Crippen LogP contribution in [-0.2, 0) is 13.6 Å². The van der Waals surface area contributed by atoms with E-state index in [1.54, 1.807) is 24.8 Å². The average Bonchev–Trinajstić information content (AvgIpc) is 2.77. The van der Waals surface area contributed by atoms with Crippen LogP contribution in [-0.4, -0.2) is 39.6 Å². The number of para-hydroxylation sites is 1. The van der Waals surface area contributed by atoms with Gasteiger partial charge in [0.2, 0.25) is 5.56 Å². The van der Waals surface area contributed by atoms with Crippen molar-refractivity contribution in [3.63, 3.8) is 0 Å². The van der Waals surface area contributed by atoms with Crippen molar-refractivity contribution >= 4 is 0 Å². The molecule has 2 aromatic heterocycles. The van der Waals surface area contributed by atoms with E-state index in [1.165, 1.54) is 5.56 Å². The van der Waals surface area contributed by atoms with Gasteiger partial charge in [0.25, 0.3) is 0 Å². The van der Waals surface area contributed by atoms with E-state index in [0.29, 0.717) is 5.92 Å². The Balaban J connectivity index is 1.43. The van der Waals surface area contributed by atoms with Gasteiger partial charge in [-0.2, -0.15) is 0 Å². The highest BCUT2D eigenvalue weighted by atomic mass is 16.5. The number of aromatic nitrogens is 3. The van der Waals surface area contributed by atoms with Crippen LogP contribution in [0.25, 0.3) is 11.3 Å². The van der Waals surface area contributed by atoms with E-state index < -0.39 is 0 Å². The van der Waals surface area contributed by atoms with Gasteiger partial charge in [-0.1, -0.05) is 18.2 Å². The number of hydrogen-bond acceptors (Lipinski definition) is 5. The molecule has 0 N–H and O–H groups in total. The molecule has 1 saturated heterocycles. The van der Waals surface area contributed by atoms with E-state index in [2.05, 4.69) is 9.88 Å². The Morgan fingerprint density at radius 2 is 1.90 bits per heavy atom. The summed E-state index contributed by atoms with van der Waals surface area (Å²) in [4.78, 5) is 23.4. The number of ether oxygens (including phenoxy) is 1. The summed E-state index contributed by atoms with van der Waals surface area (Å²) >= 11 is 0. The molecule has 1 fully saturated rings. The van der Waals surface area contributed by atoms with E-state index in [4.69, 9.17) is 9.72 Å². The van der Waals surface area contributed by atoms with Gasteiger partial charge < -0.3 is 9.30 Å². The lowest BCUT2D eigenvalue weighted by Gasteiger charge is -2.31. The topological polar surface area (TPSA) is 60.2 Å². The van der Waals surface area contributed by atoms with Gasteiger partial charge in [0.05, 0.1) is 12.8 Å². The smallest absolute Gasteiger partial charge is 0.250 e. The van der Waals surface area contributed by atoms with Crippen molar-refractivity contribution in [3.8, 4) is 17.0 Å². The van der Waals surface area contributed by atoms with Crippen molar-refractivity contribution in [2.45, 2.75) is 25.3 Å². The molecule has 1 aromatic carbocycles. The first kappa shape index (κ1) is 19.3. The Morgan fingerprint density at radius 1 is 1.10 bits per heavy atom. The molecule has 0 bridgehead atoms. The molecule has 6 nitrogen and oxygen atoms in total. The maximum atomic E-state index is 11.6. The molecule has 6 heteroatoms. The molecule has 0 spiro atoms. The molecule has 29 heavy (non-hydrogen) atoms. The number of pyridine rings is 1. The number of benzene rings is 1. The third-order valence-corrected chi connectivity index (χ3v) is 5.56. The van der Waals surface area contributed by atoms with Gasteiger partial charge in [0.15, 0.2) is 0 Å². The first-order valence-electron chi connectivity index (χ1n) is 9.98. The maximum Gasteiger partial charge on any atom is 0.250 e. The van der Waals surface area contributed by atoms with Crippen molar-refractivity contribution < 1.29 is 4.74 Å². The third kappa shape index (κ3) is 4.38. The van der Waals surface area contributed by atoms with E-state index in [-0.39, 0.29) is 5.56 Å². The number of hydrogen-bond donors (Lipinski definition) is 0. The zero-order valence-corrected chi connectivity index (χ0v) is 16.9. The van der Waals surface area contributed by atoms with E-state index >= 15 is 0 Å². The van der Waals surface area contributed by atoms with Gasteiger partial charge in [0.1, 0.15) is 11.6 Å². The van der Waals surface area contributed by atoms with E-state index in [9.17, 15) is 4.79 Å². The molecule has 0 amide bonds. The van der Waals surface area contributed by atoms with Crippen molar-refractivity contribution in [1.29, 1.82) is 0 Å². The molecular weight excluding hydrogens is 364 g/mol. The molecule has 1 aliphatic rings. The van der Waals surface area contributed by atoms with Gasteiger partial charge >= 0.3 is 0 Å². The summed E-state index contributed by atoms with van der Waals surface area (Å²) in [6.45, 7) is 2.86. The normalized spacial score (nSPS) is 15.4. The third-order valence-electron chi connectivity index (χ3n) is 5.56. The maximum absolute atomic E-state index is 11.6. The summed E-state index contributed by atoms with van der Waals surface area (Å²) in [5, 5.41) is 0. The number of likely N-dealkylation sites (tertiary alicyclic amines) is 1. The molecule has 3 heterocycles. The van der Waals surface area contributed by atoms with Crippen molar-refractivity contribution in [2.24, 2.45) is 7.05 Å². The Kier molecular flexibility index (Phi) is 5.71. The fraction of sp³-hybridized carbons (Fsp3) is 0.348. The lowest BCUT2D eigenvalue weighted by Crippen LogP contribution is -2.33. The fourth-order valence-electron chi connectivity index (χ4n) is 3.93. The van der Waals surface area contributed by atoms with E-state index in [0.717, 1.165) is 55.3 Å². The Morgan fingerprint density at radius 3 is 2.66 bits per heavy atom. The first-order chi connectivity index (χ1) is 14.1. The minimum atomic E-state index is 0.0273. The Hall–Kier alpha value is -2.99. The zero-order chi connectivity index (χ0) is 20.2. The van der Waals surface area contributed by atoms with E-state index in [1.807, 2.05) is 48.8 Å². The number of aryl methyl sites for hydroxylation is 1. The number of piperidine rings is 1. The Labute approximate surface area is 170 Å². The molecule has 0 radical (unpaired) electrons. The second kappa shape index (κ2) is 8.57. The highest BCUT2D eigenvalue weighted by Crippen LogP contribution is 2.31.